The summed E-state index contributed by atoms with van der Waals surface area (Å²) in [5.74, 6) is 0.700. The van der Waals surface area contributed by atoms with Crippen LogP contribution in [-0.4, -0.2) is 14.4 Å². The SMILES string of the molecule is NCc1c(-c2cccs2)nc2ncccn12. The van der Waals surface area contributed by atoms with Gasteiger partial charge >= 0.3 is 0 Å². The first kappa shape index (κ1) is 9.50. The fourth-order valence-electron chi connectivity index (χ4n) is 1.74. The number of hydrogen-bond donors (Lipinski definition) is 1. The second-order valence-electron chi connectivity index (χ2n) is 3.38. The Balaban J connectivity index is 2.32. The Morgan fingerprint density at radius 3 is 3.06 bits per heavy atom. The molecule has 0 aliphatic rings. The molecule has 0 amide bonds. The summed E-state index contributed by atoms with van der Waals surface area (Å²) >= 11 is 1.66. The van der Waals surface area contributed by atoms with Crippen LogP contribution in [0.3, 0.4) is 0 Å². The van der Waals surface area contributed by atoms with E-state index in [2.05, 4.69) is 9.97 Å². The van der Waals surface area contributed by atoms with Crippen LogP contribution in [0.25, 0.3) is 16.3 Å². The van der Waals surface area contributed by atoms with Crippen LogP contribution in [0.2, 0.25) is 0 Å². The number of fused-ring (bicyclic) bond motifs is 1. The molecule has 0 aliphatic heterocycles. The number of hydrogen-bond acceptors (Lipinski definition) is 4. The first-order valence-electron chi connectivity index (χ1n) is 4.96. The van der Waals surface area contributed by atoms with E-state index in [1.54, 1.807) is 17.5 Å². The van der Waals surface area contributed by atoms with Crippen molar-refractivity contribution in [2.75, 3.05) is 0 Å². The summed E-state index contributed by atoms with van der Waals surface area (Å²) in [5, 5.41) is 2.03. The average Bonchev–Trinajstić information content (AvgIpc) is 2.95. The zero-order valence-electron chi connectivity index (χ0n) is 8.50. The van der Waals surface area contributed by atoms with Gasteiger partial charge in [-0.25, -0.2) is 9.97 Å². The highest BCUT2D eigenvalue weighted by molar-refractivity contribution is 7.13. The third-order valence-corrected chi connectivity index (χ3v) is 3.33. The third kappa shape index (κ3) is 1.33. The van der Waals surface area contributed by atoms with Crippen molar-refractivity contribution in [3.63, 3.8) is 0 Å². The van der Waals surface area contributed by atoms with Crippen molar-refractivity contribution in [3.05, 3.63) is 41.7 Å². The minimum Gasteiger partial charge on any atom is -0.325 e. The van der Waals surface area contributed by atoms with Gasteiger partial charge in [-0.1, -0.05) is 6.07 Å². The predicted octanol–water partition coefficient (Wildman–Crippen LogP) is 1.92. The van der Waals surface area contributed by atoms with Crippen LogP contribution in [0.4, 0.5) is 0 Å². The van der Waals surface area contributed by atoms with Crippen molar-refractivity contribution >= 4 is 17.1 Å². The van der Waals surface area contributed by atoms with Crippen LogP contribution in [0.1, 0.15) is 5.69 Å². The molecule has 0 spiro atoms. The monoisotopic (exact) mass is 230 g/mol. The molecule has 80 valence electrons. The highest BCUT2D eigenvalue weighted by Gasteiger charge is 2.13. The molecule has 0 saturated carbocycles. The lowest BCUT2D eigenvalue weighted by atomic mass is 10.3. The normalized spacial score (nSPS) is 11.1. The minimum atomic E-state index is 0.458. The van der Waals surface area contributed by atoms with E-state index in [1.807, 2.05) is 34.2 Å². The van der Waals surface area contributed by atoms with E-state index in [9.17, 15) is 0 Å². The molecule has 0 saturated heterocycles. The molecule has 0 aliphatic carbocycles. The second-order valence-corrected chi connectivity index (χ2v) is 4.33. The van der Waals surface area contributed by atoms with E-state index in [0.29, 0.717) is 12.3 Å². The van der Waals surface area contributed by atoms with Gasteiger partial charge in [0.1, 0.15) is 5.69 Å². The molecule has 0 fully saturated rings. The zero-order valence-corrected chi connectivity index (χ0v) is 9.31. The van der Waals surface area contributed by atoms with Gasteiger partial charge in [-0.2, -0.15) is 0 Å². The summed E-state index contributed by atoms with van der Waals surface area (Å²) in [4.78, 5) is 9.86. The van der Waals surface area contributed by atoms with Crippen molar-refractivity contribution in [2.24, 2.45) is 5.73 Å². The van der Waals surface area contributed by atoms with Crippen LogP contribution in [0, 0.1) is 0 Å². The maximum Gasteiger partial charge on any atom is 0.234 e. The number of aromatic nitrogens is 3. The Hall–Kier alpha value is -1.72. The topological polar surface area (TPSA) is 56.2 Å². The maximum atomic E-state index is 5.78. The molecular weight excluding hydrogens is 220 g/mol. The number of thiophene rings is 1. The first-order valence-corrected chi connectivity index (χ1v) is 5.84. The number of imidazole rings is 1. The van der Waals surface area contributed by atoms with Crippen molar-refractivity contribution in [2.45, 2.75) is 6.54 Å². The molecule has 0 aromatic carbocycles. The standard InChI is InChI=1S/C11H10N4S/c12-7-8-10(9-3-1-6-16-9)14-11-13-4-2-5-15(8)11/h1-6H,7,12H2. The van der Waals surface area contributed by atoms with Crippen molar-refractivity contribution in [1.82, 2.24) is 14.4 Å². The van der Waals surface area contributed by atoms with E-state index in [0.717, 1.165) is 16.3 Å². The van der Waals surface area contributed by atoms with Gasteiger partial charge in [0.25, 0.3) is 0 Å². The van der Waals surface area contributed by atoms with Gasteiger partial charge in [0.05, 0.1) is 10.6 Å². The quantitative estimate of drug-likeness (QED) is 0.731. The molecule has 3 aromatic rings. The smallest absolute Gasteiger partial charge is 0.234 e. The fourth-order valence-corrected chi connectivity index (χ4v) is 2.48. The van der Waals surface area contributed by atoms with Crippen LogP contribution >= 0.6 is 11.3 Å². The summed E-state index contributed by atoms with van der Waals surface area (Å²) < 4.78 is 1.94. The third-order valence-electron chi connectivity index (χ3n) is 2.45. The van der Waals surface area contributed by atoms with Gasteiger partial charge in [0.15, 0.2) is 0 Å². The number of nitrogens with two attached hydrogens (primary N) is 1. The molecule has 0 radical (unpaired) electrons. The number of rotatable bonds is 2. The minimum absolute atomic E-state index is 0.458. The molecule has 3 rings (SSSR count). The molecular formula is C11H10N4S. The van der Waals surface area contributed by atoms with Gasteiger partial charge in [-0.3, -0.25) is 4.40 Å². The highest BCUT2D eigenvalue weighted by Crippen LogP contribution is 2.27. The van der Waals surface area contributed by atoms with E-state index in [-0.39, 0.29) is 0 Å². The van der Waals surface area contributed by atoms with E-state index >= 15 is 0 Å². The number of nitrogens with zero attached hydrogens (tertiary/aromatic N) is 3. The molecule has 0 atom stereocenters. The van der Waals surface area contributed by atoms with Crippen LogP contribution < -0.4 is 5.73 Å². The van der Waals surface area contributed by atoms with Crippen molar-refractivity contribution < 1.29 is 0 Å². The average molecular weight is 230 g/mol. The zero-order chi connectivity index (χ0) is 11.0. The van der Waals surface area contributed by atoms with Crippen LogP contribution in [0.5, 0.6) is 0 Å². The van der Waals surface area contributed by atoms with E-state index in [1.165, 1.54) is 0 Å². The molecule has 3 aromatic heterocycles. The van der Waals surface area contributed by atoms with Gasteiger partial charge in [-0.05, 0) is 17.5 Å². The highest BCUT2D eigenvalue weighted by atomic mass is 32.1. The summed E-state index contributed by atoms with van der Waals surface area (Å²) in [6, 6.07) is 5.94. The second kappa shape index (κ2) is 3.70. The molecule has 3 heterocycles. The Labute approximate surface area is 96.4 Å². The predicted molar refractivity (Wildman–Crippen MR) is 64.2 cm³/mol. The Bertz CT molecular complexity index is 612. The molecule has 16 heavy (non-hydrogen) atoms. The van der Waals surface area contributed by atoms with Crippen molar-refractivity contribution in [3.8, 4) is 10.6 Å². The Morgan fingerprint density at radius 1 is 1.38 bits per heavy atom. The van der Waals surface area contributed by atoms with Gasteiger partial charge < -0.3 is 5.73 Å². The Morgan fingerprint density at radius 2 is 2.31 bits per heavy atom. The van der Waals surface area contributed by atoms with Gasteiger partial charge in [0.2, 0.25) is 5.78 Å². The maximum absolute atomic E-state index is 5.78. The van der Waals surface area contributed by atoms with Crippen LogP contribution in [-0.2, 0) is 6.54 Å². The summed E-state index contributed by atoms with van der Waals surface area (Å²) in [7, 11) is 0. The first-order chi connectivity index (χ1) is 7.90. The summed E-state index contributed by atoms with van der Waals surface area (Å²) in [6.07, 6.45) is 3.68. The summed E-state index contributed by atoms with van der Waals surface area (Å²) in [6.45, 7) is 0.458. The van der Waals surface area contributed by atoms with E-state index < -0.39 is 0 Å². The lowest BCUT2D eigenvalue weighted by Gasteiger charge is -1.98. The molecule has 5 heteroatoms. The largest absolute Gasteiger partial charge is 0.325 e. The Kier molecular flexibility index (Phi) is 2.19. The molecule has 4 nitrogen and oxygen atoms in total. The van der Waals surface area contributed by atoms with Gasteiger partial charge in [0, 0.05) is 18.9 Å². The van der Waals surface area contributed by atoms with Crippen LogP contribution in [0.15, 0.2) is 36.0 Å². The molecule has 0 bridgehead atoms. The van der Waals surface area contributed by atoms with E-state index in [4.69, 9.17) is 5.73 Å². The van der Waals surface area contributed by atoms with Gasteiger partial charge in [-0.15, -0.1) is 11.3 Å². The summed E-state index contributed by atoms with van der Waals surface area (Å²) in [5.41, 5.74) is 7.73. The lowest BCUT2D eigenvalue weighted by molar-refractivity contribution is 0.950. The van der Waals surface area contributed by atoms with Crippen molar-refractivity contribution in [1.29, 1.82) is 0 Å². The molecule has 2 N–H and O–H groups in total. The fraction of sp³-hybridized carbons (Fsp3) is 0.0909. The lowest BCUT2D eigenvalue weighted by Crippen LogP contribution is -2.02. The molecule has 0 unspecified atom stereocenters.